The lowest BCUT2D eigenvalue weighted by Gasteiger charge is -2.13. The van der Waals surface area contributed by atoms with Gasteiger partial charge >= 0.3 is 0 Å². The molecule has 1 atom stereocenters. The fourth-order valence-corrected chi connectivity index (χ4v) is 2.80. The molecule has 2 aromatic carbocycles. The van der Waals surface area contributed by atoms with E-state index in [2.05, 4.69) is 24.0 Å². The van der Waals surface area contributed by atoms with Gasteiger partial charge in [0.05, 0.1) is 6.61 Å². The number of hydrogen-bond acceptors (Lipinski definition) is 4. The Morgan fingerprint density at radius 1 is 1.14 bits per heavy atom. The molecule has 0 aromatic heterocycles. The second kappa shape index (κ2) is 5.37. The molecule has 112 valence electrons. The zero-order valence-electron chi connectivity index (χ0n) is 12.4. The van der Waals surface area contributed by atoms with Crippen molar-refractivity contribution >= 4 is 6.21 Å². The zero-order chi connectivity index (χ0) is 14.9. The predicted molar refractivity (Wildman–Crippen MR) is 84.2 cm³/mol. The van der Waals surface area contributed by atoms with Gasteiger partial charge in [0.25, 0.3) is 0 Å². The topological polar surface area (TPSA) is 40.0 Å². The van der Waals surface area contributed by atoms with Gasteiger partial charge in [0.2, 0.25) is 6.79 Å². The summed E-state index contributed by atoms with van der Waals surface area (Å²) in [6.45, 7) is 3.12. The van der Waals surface area contributed by atoms with Crippen molar-refractivity contribution in [1.82, 2.24) is 0 Å². The van der Waals surface area contributed by atoms with Gasteiger partial charge in [-0.25, -0.2) is 0 Å². The third kappa shape index (κ3) is 2.21. The van der Waals surface area contributed by atoms with Gasteiger partial charge < -0.3 is 14.2 Å². The summed E-state index contributed by atoms with van der Waals surface area (Å²) < 4.78 is 16.6. The minimum absolute atomic E-state index is 0.00493. The fraction of sp³-hybridized carbons (Fsp3) is 0.278. The molecule has 0 N–H and O–H groups in total. The molecule has 0 saturated heterocycles. The van der Waals surface area contributed by atoms with Crippen LogP contribution in [0, 0.1) is 0 Å². The van der Waals surface area contributed by atoms with Crippen LogP contribution >= 0.6 is 0 Å². The smallest absolute Gasteiger partial charge is 0.231 e. The number of aliphatic imine (C=N–C) groups is 1. The summed E-state index contributed by atoms with van der Waals surface area (Å²) in [5, 5.41) is 0. The molecule has 4 nitrogen and oxygen atoms in total. The van der Waals surface area contributed by atoms with E-state index < -0.39 is 0 Å². The van der Waals surface area contributed by atoms with Gasteiger partial charge in [-0.15, -0.1) is 0 Å². The fourth-order valence-electron chi connectivity index (χ4n) is 2.80. The van der Waals surface area contributed by atoms with Crippen LogP contribution in [0.2, 0.25) is 0 Å². The molecule has 0 fully saturated rings. The molecule has 0 amide bonds. The largest absolute Gasteiger partial charge is 0.494 e. The van der Waals surface area contributed by atoms with Crippen molar-refractivity contribution in [3.8, 4) is 17.2 Å². The van der Waals surface area contributed by atoms with Crippen molar-refractivity contribution < 1.29 is 14.2 Å². The molecule has 0 spiro atoms. The Morgan fingerprint density at radius 3 is 2.95 bits per heavy atom. The molecule has 2 aliphatic rings. The second-order valence-electron chi connectivity index (χ2n) is 5.43. The standard InChI is InChI=1S/C18H17NO3/c1-2-7-20-14-5-3-13-10-19-18(15(13)9-14)12-4-6-16-17(8-12)22-11-21-16/h3-6,8-10,18H,2,7,11H2,1H3. The van der Waals surface area contributed by atoms with Crippen LogP contribution in [0.3, 0.4) is 0 Å². The Morgan fingerprint density at radius 2 is 2.05 bits per heavy atom. The lowest BCUT2D eigenvalue weighted by Crippen LogP contribution is -1.99. The maximum Gasteiger partial charge on any atom is 0.231 e. The molecule has 0 bridgehead atoms. The maximum absolute atomic E-state index is 5.74. The van der Waals surface area contributed by atoms with E-state index in [1.54, 1.807) is 0 Å². The first kappa shape index (κ1) is 13.2. The van der Waals surface area contributed by atoms with Crippen LogP contribution in [-0.2, 0) is 0 Å². The molecule has 4 rings (SSSR count). The van der Waals surface area contributed by atoms with Crippen LogP contribution in [0.1, 0.15) is 36.1 Å². The third-order valence-electron chi connectivity index (χ3n) is 3.90. The van der Waals surface area contributed by atoms with Crippen molar-refractivity contribution in [2.45, 2.75) is 19.4 Å². The van der Waals surface area contributed by atoms with Crippen molar-refractivity contribution in [1.29, 1.82) is 0 Å². The number of rotatable bonds is 4. The highest BCUT2D eigenvalue weighted by Crippen LogP contribution is 2.39. The summed E-state index contributed by atoms with van der Waals surface area (Å²) in [6.07, 6.45) is 2.92. The molecule has 0 saturated carbocycles. The minimum Gasteiger partial charge on any atom is -0.494 e. The Bertz CT molecular complexity index is 739. The van der Waals surface area contributed by atoms with Gasteiger partial charge in [-0.1, -0.05) is 13.0 Å². The Kier molecular flexibility index (Phi) is 3.22. The average molecular weight is 295 g/mol. The van der Waals surface area contributed by atoms with Gasteiger partial charge in [-0.2, -0.15) is 0 Å². The Labute approximate surface area is 129 Å². The predicted octanol–water partition coefficient (Wildman–Crippen LogP) is 3.73. The van der Waals surface area contributed by atoms with E-state index in [1.807, 2.05) is 30.5 Å². The summed E-state index contributed by atoms with van der Waals surface area (Å²) >= 11 is 0. The molecule has 1 unspecified atom stereocenters. The molecular formula is C18H17NO3. The van der Waals surface area contributed by atoms with Crippen LogP contribution in [0.5, 0.6) is 17.2 Å². The first-order valence-electron chi connectivity index (χ1n) is 7.54. The summed E-state index contributed by atoms with van der Waals surface area (Å²) in [7, 11) is 0. The van der Waals surface area contributed by atoms with Crippen molar-refractivity contribution in [2.75, 3.05) is 13.4 Å². The molecule has 2 heterocycles. The van der Waals surface area contributed by atoms with E-state index in [-0.39, 0.29) is 12.8 Å². The van der Waals surface area contributed by atoms with Crippen LogP contribution in [0.25, 0.3) is 0 Å². The van der Waals surface area contributed by atoms with E-state index in [0.29, 0.717) is 0 Å². The molecule has 4 heteroatoms. The van der Waals surface area contributed by atoms with Gasteiger partial charge in [0, 0.05) is 6.21 Å². The maximum atomic E-state index is 5.74. The molecule has 0 radical (unpaired) electrons. The first-order chi connectivity index (χ1) is 10.8. The van der Waals surface area contributed by atoms with Crippen LogP contribution in [0.4, 0.5) is 0 Å². The average Bonchev–Trinajstić information content (AvgIpc) is 3.18. The number of ether oxygens (including phenoxy) is 3. The first-order valence-corrected chi connectivity index (χ1v) is 7.54. The third-order valence-corrected chi connectivity index (χ3v) is 3.90. The highest BCUT2D eigenvalue weighted by molar-refractivity contribution is 5.86. The summed E-state index contributed by atoms with van der Waals surface area (Å²) in [6, 6.07) is 12.2. The van der Waals surface area contributed by atoms with Crippen molar-refractivity contribution in [3.63, 3.8) is 0 Å². The lowest BCUT2D eigenvalue weighted by molar-refractivity contribution is 0.174. The van der Waals surface area contributed by atoms with Gasteiger partial charge in [0.15, 0.2) is 11.5 Å². The van der Waals surface area contributed by atoms with E-state index >= 15 is 0 Å². The highest BCUT2D eigenvalue weighted by atomic mass is 16.7. The highest BCUT2D eigenvalue weighted by Gasteiger charge is 2.23. The number of nitrogens with zero attached hydrogens (tertiary/aromatic N) is 1. The van der Waals surface area contributed by atoms with Crippen LogP contribution in [-0.4, -0.2) is 19.6 Å². The van der Waals surface area contributed by atoms with E-state index in [9.17, 15) is 0 Å². The van der Waals surface area contributed by atoms with Crippen molar-refractivity contribution in [2.24, 2.45) is 4.99 Å². The molecule has 22 heavy (non-hydrogen) atoms. The van der Waals surface area contributed by atoms with Crippen LogP contribution in [0.15, 0.2) is 41.4 Å². The van der Waals surface area contributed by atoms with E-state index in [1.165, 1.54) is 5.56 Å². The quantitative estimate of drug-likeness (QED) is 0.863. The SMILES string of the molecule is CCCOc1ccc2c(c1)C(c1ccc3c(c1)OCO3)N=C2. The molecule has 0 aliphatic carbocycles. The normalized spacial score (nSPS) is 17.6. The van der Waals surface area contributed by atoms with E-state index in [0.717, 1.165) is 41.4 Å². The zero-order valence-corrected chi connectivity index (χ0v) is 12.4. The second-order valence-corrected chi connectivity index (χ2v) is 5.43. The minimum atomic E-state index is -0.00493. The summed E-state index contributed by atoms with van der Waals surface area (Å²) in [5.74, 6) is 2.49. The van der Waals surface area contributed by atoms with Gasteiger partial charge in [-0.3, -0.25) is 4.99 Å². The Hall–Kier alpha value is -2.49. The summed E-state index contributed by atoms with van der Waals surface area (Å²) in [4.78, 5) is 4.64. The number of benzene rings is 2. The van der Waals surface area contributed by atoms with E-state index in [4.69, 9.17) is 14.2 Å². The number of hydrogen-bond donors (Lipinski definition) is 0. The van der Waals surface area contributed by atoms with Crippen molar-refractivity contribution in [3.05, 3.63) is 53.1 Å². The Balaban J connectivity index is 1.67. The summed E-state index contributed by atoms with van der Waals surface area (Å²) in [5.41, 5.74) is 3.42. The molecule has 2 aromatic rings. The monoisotopic (exact) mass is 295 g/mol. The number of fused-ring (bicyclic) bond motifs is 2. The molecular weight excluding hydrogens is 278 g/mol. The molecule has 2 aliphatic heterocycles. The van der Waals surface area contributed by atoms with Gasteiger partial charge in [0.1, 0.15) is 11.8 Å². The lowest BCUT2D eigenvalue weighted by atomic mass is 9.97. The van der Waals surface area contributed by atoms with Crippen LogP contribution < -0.4 is 14.2 Å². The van der Waals surface area contributed by atoms with Gasteiger partial charge in [-0.05, 0) is 53.4 Å².